The molecule has 0 aromatic heterocycles. The van der Waals surface area contributed by atoms with Crippen molar-refractivity contribution in [2.24, 2.45) is 17.8 Å². The minimum absolute atomic E-state index is 0.0786. The van der Waals surface area contributed by atoms with Gasteiger partial charge in [0.1, 0.15) is 11.5 Å². The van der Waals surface area contributed by atoms with E-state index in [1.54, 1.807) is 6.07 Å². The average Bonchev–Trinajstić information content (AvgIpc) is 2.85. The van der Waals surface area contributed by atoms with E-state index in [0.717, 1.165) is 37.2 Å². The van der Waals surface area contributed by atoms with E-state index in [2.05, 4.69) is 13.8 Å². The maximum atomic E-state index is 12.6. The van der Waals surface area contributed by atoms with Gasteiger partial charge in [0.25, 0.3) is 0 Å². The highest BCUT2D eigenvalue weighted by Crippen LogP contribution is 2.39. The van der Waals surface area contributed by atoms with Crippen molar-refractivity contribution in [1.29, 1.82) is 0 Å². The fraction of sp³-hybridized carbons (Fsp3) is 0.600. The molecule has 124 valence electrons. The van der Waals surface area contributed by atoms with Crippen LogP contribution in [0.3, 0.4) is 0 Å². The predicted octanol–water partition coefficient (Wildman–Crippen LogP) is 4.19. The van der Waals surface area contributed by atoms with Crippen molar-refractivity contribution in [1.82, 2.24) is 0 Å². The summed E-state index contributed by atoms with van der Waals surface area (Å²) in [6, 6.07) is 7.49. The summed E-state index contributed by atoms with van der Waals surface area (Å²) >= 11 is 0. The van der Waals surface area contributed by atoms with Crippen LogP contribution in [0.1, 0.15) is 62.4 Å². The third-order valence-corrected chi connectivity index (χ3v) is 5.69. The second-order valence-electron chi connectivity index (χ2n) is 7.73. The van der Waals surface area contributed by atoms with Gasteiger partial charge in [-0.2, -0.15) is 0 Å². The van der Waals surface area contributed by atoms with Gasteiger partial charge in [0.05, 0.1) is 0 Å². The maximum Gasteiger partial charge on any atom is 0.317 e. The summed E-state index contributed by atoms with van der Waals surface area (Å²) in [6.07, 6.45) is 4.48. The van der Waals surface area contributed by atoms with Crippen LogP contribution in [0.15, 0.2) is 24.3 Å². The van der Waals surface area contributed by atoms with Crippen molar-refractivity contribution in [2.45, 2.75) is 58.5 Å². The number of ether oxygens (including phenoxy) is 1. The maximum absolute atomic E-state index is 12.6. The normalized spacial score (nSPS) is 30.3. The number of hydrogen-bond donors (Lipinski definition) is 0. The molecule has 3 rings (SSSR count). The SMILES string of the molecule is CC(C)C1CCC(C)(OC(=O)C2Cc3ccccc3C2=O)CC1. The van der Waals surface area contributed by atoms with Crippen molar-refractivity contribution in [3.63, 3.8) is 0 Å². The summed E-state index contributed by atoms with van der Waals surface area (Å²) in [5.41, 5.74) is 1.24. The zero-order valence-electron chi connectivity index (χ0n) is 14.3. The number of carbonyl (C=O) groups excluding carboxylic acids is 2. The van der Waals surface area contributed by atoms with Crippen LogP contribution >= 0.6 is 0 Å². The van der Waals surface area contributed by atoms with Gasteiger partial charge in [-0.15, -0.1) is 0 Å². The van der Waals surface area contributed by atoms with Gasteiger partial charge in [0.2, 0.25) is 0 Å². The molecule has 0 aliphatic heterocycles. The molecule has 23 heavy (non-hydrogen) atoms. The number of carbonyl (C=O) groups is 2. The quantitative estimate of drug-likeness (QED) is 0.620. The monoisotopic (exact) mass is 314 g/mol. The van der Waals surface area contributed by atoms with Crippen LogP contribution in [0.25, 0.3) is 0 Å². The molecule has 0 bridgehead atoms. The number of esters is 1. The molecule has 0 amide bonds. The highest BCUT2D eigenvalue weighted by molar-refractivity contribution is 6.12. The van der Waals surface area contributed by atoms with Gasteiger partial charge in [-0.3, -0.25) is 9.59 Å². The summed E-state index contributed by atoms with van der Waals surface area (Å²) in [5.74, 6) is 0.342. The highest BCUT2D eigenvalue weighted by Gasteiger charge is 2.41. The lowest BCUT2D eigenvalue weighted by atomic mass is 9.75. The van der Waals surface area contributed by atoms with Gasteiger partial charge in [-0.05, 0) is 56.4 Å². The Morgan fingerprint density at radius 2 is 1.87 bits per heavy atom. The van der Waals surface area contributed by atoms with Gasteiger partial charge in [-0.25, -0.2) is 0 Å². The first-order chi connectivity index (χ1) is 10.9. The number of Topliss-reactive ketones (excluding diaryl/α,β-unsaturated/α-hetero) is 1. The van der Waals surface area contributed by atoms with E-state index in [1.807, 2.05) is 25.1 Å². The number of fused-ring (bicyclic) bond motifs is 1. The Labute approximate surface area is 138 Å². The number of rotatable bonds is 3. The largest absolute Gasteiger partial charge is 0.459 e. The Morgan fingerprint density at radius 1 is 1.22 bits per heavy atom. The van der Waals surface area contributed by atoms with E-state index in [0.29, 0.717) is 17.9 Å². The Bertz CT molecular complexity index is 609. The van der Waals surface area contributed by atoms with Crippen LogP contribution < -0.4 is 0 Å². The molecule has 0 heterocycles. The Kier molecular flexibility index (Phi) is 4.31. The van der Waals surface area contributed by atoms with Crippen LogP contribution in [0.2, 0.25) is 0 Å². The smallest absolute Gasteiger partial charge is 0.317 e. The summed E-state index contributed by atoms with van der Waals surface area (Å²) in [4.78, 5) is 25.0. The zero-order chi connectivity index (χ0) is 16.6. The average molecular weight is 314 g/mol. The second kappa shape index (κ2) is 6.10. The minimum Gasteiger partial charge on any atom is -0.459 e. The fourth-order valence-electron chi connectivity index (χ4n) is 3.96. The topological polar surface area (TPSA) is 43.4 Å². The lowest BCUT2D eigenvalue weighted by Crippen LogP contribution is -2.39. The third kappa shape index (κ3) is 3.19. The standard InChI is InChI=1S/C20H26O3/c1-13(2)14-8-10-20(3,11-9-14)23-19(22)17-12-15-6-4-5-7-16(15)18(17)21/h4-7,13-14,17H,8-12H2,1-3H3. The van der Waals surface area contributed by atoms with E-state index in [-0.39, 0.29) is 11.8 Å². The molecule has 2 aliphatic carbocycles. The molecule has 2 aliphatic rings. The molecule has 0 saturated heterocycles. The first-order valence-corrected chi connectivity index (χ1v) is 8.74. The summed E-state index contributed by atoms with van der Waals surface area (Å²) in [5, 5.41) is 0. The Hall–Kier alpha value is -1.64. The third-order valence-electron chi connectivity index (χ3n) is 5.69. The number of benzene rings is 1. The van der Waals surface area contributed by atoms with Crippen molar-refractivity contribution >= 4 is 11.8 Å². The molecule has 3 heteroatoms. The van der Waals surface area contributed by atoms with Gasteiger partial charge in [-0.1, -0.05) is 38.1 Å². The van der Waals surface area contributed by atoms with Crippen LogP contribution in [-0.4, -0.2) is 17.4 Å². The predicted molar refractivity (Wildman–Crippen MR) is 89.3 cm³/mol. The second-order valence-corrected chi connectivity index (χ2v) is 7.73. The van der Waals surface area contributed by atoms with Crippen LogP contribution in [-0.2, 0) is 16.0 Å². The van der Waals surface area contributed by atoms with Crippen molar-refractivity contribution in [3.05, 3.63) is 35.4 Å². The molecule has 1 atom stereocenters. The van der Waals surface area contributed by atoms with Gasteiger partial charge >= 0.3 is 5.97 Å². The molecule has 3 nitrogen and oxygen atoms in total. The molecular weight excluding hydrogens is 288 g/mol. The van der Waals surface area contributed by atoms with Crippen molar-refractivity contribution < 1.29 is 14.3 Å². The van der Waals surface area contributed by atoms with Crippen molar-refractivity contribution in [3.8, 4) is 0 Å². The van der Waals surface area contributed by atoms with Crippen LogP contribution in [0.4, 0.5) is 0 Å². The molecule has 0 N–H and O–H groups in total. The highest BCUT2D eigenvalue weighted by atomic mass is 16.6. The Morgan fingerprint density at radius 3 is 2.48 bits per heavy atom. The summed E-state index contributed by atoms with van der Waals surface area (Å²) in [6.45, 7) is 6.54. The molecule has 0 radical (unpaired) electrons. The van der Waals surface area contributed by atoms with Crippen molar-refractivity contribution in [2.75, 3.05) is 0 Å². The summed E-state index contributed by atoms with van der Waals surface area (Å²) < 4.78 is 5.83. The first kappa shape index (κ1) is 16.2. The zero-order valence-corrected chi connectivity index (χ0v) is 14.3. The van der Waals surface area contributed by atoms with Crippen LogP contribution in [0.5, 0.6) is 0 Å². The van der Waals surface area contributed by atoms with Gasteiger partial charge in [0.15, 0.2) is 5.78 Å². The van der Waals surface area contributed by atoms with E-state index in [1.165, 1.54) is 0 Å². The molecule has 1 saturated carbocycles. The van der Waals surface area contributed by atoms with E-state index in [9.17, 15) is 9.59 Å². The fourth-order valence-corrected chi connectivity index (χ4v) is 3.96. The minimum atomic E-state index is -0.646. The molecular formula is C20H26O3. The van der Waals surface area contributed by atoms with E-state index in [4.69, 9.17) is 4.74 Å². The number of ketones is 1. The molecule has 1 unspecified atom stereocenters. The molecule has 1 aromatic carbocycles. The molecule has 0 spiro atoms. The first-order valence-electron chi connectivity index (χ1n) is 8.74. The lowest BCUT2D eigenvalue weighted by molar-refractivity contribution is -0.165. The van der Waals surface area contributed by atoms with E-state index >= 15 is 0 Å². The van der Waals surface area contributed by atoms with Crippen LogP contribution in [0, 0.1) is 17.8 Å². The molecule has 1 aromatic rings. The molecule has 1 fully saturated rings. The lowest BCUT2D eigenvalue weighted by Gasteiger charge is -2.38. The summed E-state index contributed by atoms with van der Waals surface area (Å²) in [7, 11) is 0. The van der Waals surface area contributed by atoms with E-state index < -0.39 is 11.5 Å². The number of hydrogen-bond acceptors (Lipinski definition) is 3. The van der Waals surface area contributed by atoms with Gasteiger partial charge in [0, 0.05) is 5.56 Å². The Balaban J connectivity index is 1.63. The van der Waals surface area contributed by atoms with Gasteiger partial charge < -0.3 is 4.74 Å².